The molecule has 2 N–H and O–H groups in total. The zero-order chi connectivity index (χ0) is 9.42. The van der Waals surface area contributed by atoms with Crippen LogP contribution >= 0.6 is 23.6 Å². The molecule has 0 aliphatic carbocycles. The molecule has 0 fully saturated rings. The first-order chi connectivity index (χ1) is 6.16. The van der Waals surface area contributed by atoms with Crippen molar-refractivity contribution < 1.29 is 9.90 Å². The van der Waals surface area contributed by atoms with Crippen LogP contribution in [-0.2, 0) is 0 Å². The number of hydrogen-bond donors (Lipinski definition) is 2. The van der Waals surface area contributed by atoms with Crippen LogP contribution in [-0.4, -0.2) is 21.0 Å². The maximum atomic E-state index is 10.6. The number of nitrogens with one attached hydrogen (secondary N) is 1. The van der Waals surface area contributed by atoms with E-state index >= 15 is 0 Å². The number of carbonyl (C=O) groups is 1. The van der Waals surface area contributed by atoms with Crippen molar-refractivity contribution in [2.24, 2.45) is 0 Å². The molecule has 0 spiro atoms. The van der Waals surface area contributed by atoms with Gasteiger partial charge in [0.15, 0.2) is 3.95 Å². The molecule has 0 aromatic carbocycles. The van der Waals surface area contributed by atoms with Crippen LogP contribution in [0.3, 0.4) is 0 Å². The highest BCUT2D eigenvalue weighted by Gasteiger charge is 2.05. The largest absolute Gasteiger partial charge is 0.478 e. The van der Waals surface area contributed by atoms with Gasteiger partial charge in [0.05, 0.1) is 10.3 Å². The maximum absolute atomic E-state index is 10.6. The molecule has 0 aliphatic rings. The summed E-state index contributed by atoms with van der Waals surface area (Å²) in [5, 5.41) is 8.68. The smallest absolute Gasteiger partial charge is 0.337 e. The minimum Gasteiger partial charge on any atom is -0.478 e. The predicted octanol–water partition coefficient (Wildman–Crippen LogP) is 2.05. The van der Waals surface area contributed by atoms with Crippen LogP contribution in [0.25, 0.3) is 10.3 Å². The van der Waals surface area contributed by atoms with Gasteiger partial charge in [0.2, 0.25) is 0 Å². The van der Waals surface area contributed by atoms with Gasteiger partial charge in [-0.25, -0.2) is 9.78 Å². The molecule has 13 heavy (non-hydrogen) atoms. The van der Waals surface area contributed by atoms with Crippen molar-refractivity contribution in [2.45, 2.75) is 0 Å². The molecular weight excluding hydrogens is 208 g/mol. The zero-order valence-corrected chi connectivity index (χ0v) is 7.91. The average molecular weight is 212 g/mol. The minimum atomic E-state index is -0.978. The lowest BCUT2D eigenvalue weighted by Gasteiger charge is -1.91. The second-order valence-electron chi connectivity index (χ2n) is 2.39. The summed E-state index contributed by atoms with van der Waals surface area (Å²) in [5.41, 5.74) is 0.817. The quantitative estimate of drug-likeness (QED) is 0.710. The Morgan fingerprint density at radius 1 is 1.69 bits per heavy atom. The van der Waals surface area contributed by atoms with Crippen molar-refractivity contribution in [1.29, 1.82) is 0 Å². The summed E-state index contributed by atoms with van der Waals surface area (Å²) in [5.74, 6) is -0.978. The number of hydrogen-bond acceptors (Lipinski definition) is 4. The summed E-state index contributed by atoms with van der Waals surface area (Å²) < 4.78 is 1.37. The van der Waals surface area contributed by atoms with E-state index in [9.17, 15) is 4.79 Å². The van der Waals surface area contributed by atoms with Crippen LogP contribution in [0.5, 0.6) is 0 Å². The number of pyridine rings is 1. The number of aromatic nitrogens is 2. The van der Waals surface area contributed by atoms with Gasteiger partial charge in [-0.1, -0.05) is 0 Å². The van der Waals surface area contributed by atoms with E-state index in [1.165, 1.54) is 17.5 Å². The molecule has 66 valence electrons. The van der Waals surface area contributed by atoms with E-state index in [0.29, 0.717) is 9.60 Å². The van der Waals surface area contributed by atoms with E-state index in [4.69, 9.17) is 17.3 Å². The molecule has 0 unspecified atom stereocenters. The average Bonchev–Trinajstić information content (AvgIpc) is 2.42. The summed E-state index contributed by atoms with van der Waals surface area (Å²) in [6.07, 6.45) is 1.31. The van der Waals surface area contributed by atoms with Crippen molar-refractivity contribution >= 4 is 39.9 Å². The predicted molar refractivity (Wildman–Crippen MR) is 51.8 cm³/mol. The van der Waals surface area contributed by atoms with Gasteiger partial charge < -0.3 is 10.1 Å². The van der Waals surface area contributed by atoms with Crippen molar-refractivity contribution in [1.82, 2.24) is 9.97 Å². The molecule has 2 aromatic heterocycles. The molecule has 2 aromatic rings. The SMILES string of the molecule is O=C(O)c1cnc2[nH]c(=S)sc2c1. The van der Waals surface area contributed by atoms with Crippen LogP contribution in [0, 0.1) is 3.95 Å². The lowest BCUT2D eigenvalue weighted by Crippen LogP contribution is -1.96. The highest BCUT2D eigenvalue weighted by molar-refractivity contribution is 7.73. The van der Waals surface area contributed by atoms with Gasteiger partial charge in [-0.15, -0.1) is 11.3 Å². The Balaban J connectivity index is 2.74. The summed E-state index contributed by atoms with van der Waals surface area (Å²) in [6.45, 7) is 0. The molecule has 6 heteroatoms. The number of carboxylic acid groups (broad SMARTS) is 1. The summed E-state index contributed by atoms with van der Waals surface area (Å²) in [4.78, 5) is 17.4. The molecule has 0 bridgehead atoms. The lowest BCUT2D eigenvalue weighted by molar-refractivity contribution is 0.0696. The number of aromatic carboxylic acids is 1. The molecule has 0 atom stereocenters. The first kappa shape index (κ1) is 8.33. The fourth-order valence-electron chi connectivity index (χ4n) is 0.955. The Hall–Kier alpha value is -1.27. The second-order valence-corrected chi connectivity index (χ2v) is 4.11. The highest BCUT2D eigenvalue weighted by Crippen LogP contribution is 2.18. The second kappa shape index (κ2) is 2.90. The molecule has 0 aliphatic heterocycles. The third-order valence-electron chi connectivity index (χ3n) is 1.52. The Morgan fingerprint density at radius 2 is 2.46 bits per heavy atom. The van der Waals surface area contributed by atoms with Gasteiger partial charge in [0.1, 0.15) is 5.65 Å². The number of aromatic amines is 1. The van der Waals surface area contributed by atoms with E-state index in [-0.39, 0.29) is 5.56 Å². The Morgan fingerprint density at radius 3 is 3.15 bits per heavy atom. The maximum Gasteiger partial charge on any atom is 0.337 e. The first-order valence-electron chi connectivity index (χ1n) is 3.39. The molecular formula is C7H4N2O2S2. The molecule has 0 amide bonds. The van der Waals surface area contributed by atoms with E-state index in [2.05, 4.69) is 9.97 Å². The third kappa shape index (κ3) is 1.45. The minimum absolute atomic E-state index is 0.178. The summed E-state index contributed by atoms with van der Waals surface area (Å²) in [6, 6.07) is 1.56. The zero-order valence-electron chi connectivity index (χ0n) is 6.27. The van der Waals surface area contributed by atoms with Crippen molar-refractivity contribution in [2.75, 3.05) is 0 Å². The molecule has 2 heterocycles. The van der Waals surface area contributed by atoms with E-state index in [1.54, 1.807) is 6.07 Å². The Kier molecular flexibility index (Phi) is 1.86. The van der Waals surface area contributed by atoms with Gasteiger partial charge in [-0.2, -0.15) is 0 Å². The van der Waals surface area contributed by atoms with E-state index in [0.717, 1.165) is 4.70 Å². The fraction of sp³-hybridized carbons (Fsp3) is 0. The lowest BCUT2D eigenvalue weighted by atomic mass is 10.3. The number of carboxylic acids is 1. The van der Waals surface area contributed by atoms with Gasteiger partial charge in [0.25, 0.3) is 0 Å². The Labute approximate surface area is 81.9 Å². The fourth-order valence-corrected chi connectivity index (χ4v) is 2.06. The van der Waals surface area contributed by atoms with Crippen molar-refractivity contribution in [3.8, 4) is 0 Å². The summed E-state index contributed by atoms with van der Waals surface area (Å²) in [7, 11) is 0. The number of thiazole rings is 1. The molecule has 0 radical (unpaired) electrons. The molecule has 4 nitrogen and oxygen atoms in total. The van der Waals surface area contributed by atoms with E-state index < -0.39 is 5.97 Å². The molecule has 0 saturated heterocycles. The number of H-pyrrole nitrogens is 1. The third-order valence-corrected chi connectivity index (χ3v) is 2.69. The van der Waals surface area contributed by atoms with Gasteiger partial charge in [-0.3, -0.25) is 0 Å². The number of fused-ring (bicyclic) bond motifs is 1. The monoisotopic (exact) mass is 212 g/mol. The molecule has 0 saturated carbocycles. The van der Waals surface area contributed by atoms with Crippen LogP contribution in [0.4, 0.5) is 0 Å². The van der Waals surface area contributed by atoms with Gasteiger partial charge in [0, 0.05) is 6.20 Å². The highest BCUT2D eigenvalue weighted by atomic mass is 32.1. The van der Waals surface area contributed by atoms with Crippen molar-refractivity contribution in [3.63, 3.8) is 0 Å². The normalized spacial score (nSPS) is 10.5. The first-order valence-corrected chi connectivity index (χ1v) is 4.61. The van der Waals surface area contributed by atoms with Crippen LogP contribution in [0.15, 0.2) is 12.3 Å². The summed E-state index contributed by atoms with van der Waals surface area (Å²) >= 11 is 6.21. The Bertz CT molecular complexity index is 529. The number of nitrogens with zero attached hydrogens (tertiary/aromatic N) is 1. The van der Waals surface area contributed by atoms with E-state index in [1.807, 2.05) is 0 Å². The number of rotatable bonds is 1. The van der Waals surface area contributed by atoms with Crippen LogP contribution in [0.2, 0.25) is 0 Å². The van der Waals surface area contributed by atoms with Crippen LogP contribution in [0.1, 0.15) is 10.4 Å². The van der Waals surface area contributed by atoms with Gasteiger partial charge in [-0.05, 0) is 18.3 Å². The molecule has 2 rings (SSSR count). The topological polar surface area (TPSA) is 66.0 Å². The standard InChI is InChI=1S/C7H4N2O2S2/c10-6(11)3-1-4-5(8-2-3)9-7(12)13-4/h1-2H,(H,10,11)(H,8,9,12). The van der Waals surface area contributed by atoms with Crippen LogP contribution < -0.4 is 0 Å². The van der Waals surface area contributed by atoms with Crippen molar-refractivity contribution in [3.05, 3.63) is 21.8 Å². The van der Waals surface area contributed by atoms with Gasteiger partial charge >= 0.3 is 5.97 Å².